The van der Waals surface area contributed by atoms with E-state index in [2.05, 4.69) is 5.16 Å². The first kappa shape index (κ1) is 10.2. The van der Waals surface area contributed by atoms with Crippen LogP contribution < -0.4 is 5.73 Å². The summed E-state index contributed by atoms with van der Waals surface area (Å²) in [5, 5.41) is 3.65. The number of rotatable bonds is 3. The lowest BCUT2D eigenvalue weighted by Gasteiger charge is -2.33. The average molecular weight is 208 g/mol. The predicted octanol–water partition coefficient (Wildman–Crippen LogP) is 1.65. The van der Waals surface area contributed by atoms with Crippen LogP contribution in [-0.4, -0.2) is 11.1 Å². The lowest BCUT2D eigenvalue weighted by atomic mass is 9.71. The van der Waals surface area contributed by atoms with E-state index in [1.54, 1.807) is 12.3 Å². The molecule has 4 nitrogen and oxygen atoms in total. The highest BCUT2D eigenvalue weighted by atomic mass is 16.5. The lowest BCUT2D eigenvalue weighted by molar-refractivity contribution is -0.129. The summed E-state index contributed by atoms with van der Waals surface area (Å²) in [4.78, 5) is 11.6. The number of carbonyl (C=O) groups excluding carboxylic acids is 1. The molecule has 0 aromatic carbocycles. The van der Waals surface area contributed by atoms with Crippen molar-refractivity contribution in [2.75, 3.05) is 0 Å². The van der Waals surface area contributed by atoms with Gasteiger partial charge >= 0.3 is 0 Å². The molecule has 1 aliphatic carbocycles. The van der Waals surface area contributed by atoms with Crippen LogP contribution in [0.2, 0.25) is 0 Å². The van der Waals surface area contributed by atoms with Gasteiger partial charge in [-0.15, -0.1) is 0 Å². The molecule has 1 aliphatic rings. The summed E-state index contributed by atoms with van der Waals surface area (Å²) in [7, 11) is 0. The monoisotopic (exact) mass is 208 g/mol. The van der Waals surface area contributed by atoms with E-state index < -0.39 is 5.41 Å². The first-order valence-electron chi connectivity index (χ1n) is 5.42. The molecular weight excluding hydrogens is 192 g/mol. The second-order valence-corrected chi connectivity index (χ2v) is 4.36. The maximum absolute atomic E-state index is 11.6. The molecule has 0 saturated heterocycles. The first-order valence-corrected chi connectivity index (χ1v) is 5.42. The van der Waals surface area contributed by atoms with Crippen molar-refractivity contribution in [2.24, 2.45) is 11.1 Å². The number of aromatic nitrogens is 1. The summed E-state index contributed by atoms with van der Waals surface area (Å²) in [5.74, 6) is 0.564. The quantitative estimate of drug-likeness (QED) is 0.821. The second kappa shape index (κ2) is 4.04. The molecule has 0 unspecified atom stereocenters. The number of nitrogens with zero attached hydrogens (tertiary/aromatic N) is 1. The van der Waals surface area contributed by atoms with E-state index >= 15 is 0 Å². The number of primary amides is 1. The van der Waals surface area contributed by atoms with Gasteiger partial charge in [-0.1, -0.05) is 24.4 Å². The molecule has 1 heterocycles. The number of hydrogen-bond donors (Lipinski definition) is 1. The third-order valence-corrected chi connectivity index (χ3v) is 3.34. The molecule has 0 aliphatic heterocycles. The molecule has 0 radical (unpaired) electrons. The Labute approximate surface area is 88.8 Å². The van der Waals surface area contributed by atoms with Gasteiger partial charge in [-0.05, 0) is 12.8 Å². The Kier molecular flexibility index (Phi) is 2.75. The van der Waals surface area contributed by atoms with E-state index in [4.69, 9.17) is 10.3 Å². The Morgan fingerprint density at radius 3 is 2.73 bits per heavy atom. The molecule has 1 saturated carbocycles. The summed E-state index contributed by atoms with van der Waals surface area (Å²) < 4.78 is 5.05. The van der Waals surface area contributed by atoms with Crippen molar-refractivity contribution in [3.8, 4) is 0 Å². The van der Waals surface area contributed by atoms with Gasteiger partial charge in [0, 0.05) is 12.5 Å². The third-order valence-electron chi connectivity index (χ3n) is 3.34. The van der Waals surface area contributed by atoms with Crippen LogP contribution >= 0.6 is 0 Å². The Morgan fingerprint density at radius 1 is 1.47 bits per heavy atom. The molecule has 0 bridgehead atoms. The number of amides is 1. The van der Waals surface area contributed by atoms with Gasteiger partial charge in [-0.25, -0.2) is 0 Å². The standard InChI is InChI=1S/C11H16N2O2/c12-10(14)11(5-2-1-3-6-11)8-9-4-7-13-15-9/h4,7H,1-3,5-6,8H2,(H2,12,14). The fourth-order valence-electron chi connectivity index (χ4n) is 2.41. The van der Waals surface area contributed by atoms with Crippen LogP contribution in [0.5, 0.6) is 0 Å². The molecule has 1 aromatic heterocycles. The van der Waals surface area contributed by atoms with E-state index in [1.807, 2.05) is 0 Å². The highest BCUT2D eigenvalue weighted by molar-refractivity contribution is 5.81. The lowest BCUT2D eigenvalue weighted by Crippen LogP contribution is -2.40. The summed E-state index contributed by atoms with van der Waals surface area (Å²) in [6, 6.07) is 1.80. The number of carbonyl (C=O) groups is 1. The minimum atomic E-state index is -0.391. The molecule has 1 aromatic rings. The summed E-state index contributed by atoms with van der Waals surface area (Å²) in [6.45, 7) is 0. The number of nitrogens with two attached hydrogens (primary N) is 1. The van der Waals surface area contributed by atoms with Crippen LogP contribution in [0.4, 0.5) is 0 Å². The normalized spacial score (nSPS) is 20.0. The Morgan fingerprint density at radius 2 is 2.20 bits per heavy atom. The van der Waals surface area contributed by atoms with Crippen LogP contribution in [-0.2, 0) is 11.2 Å². The van der Waals surface area contributed by atoms with Gasteiger partial charge < -0.3 is 10.3 Å². The zero-order valence-electron chi connectivity index (χ0n) is 8.74. The molecule has 2 N–H and O–H groups in total. The van der Waals surface area contributed by atoms with Crippen molar-refractivity contribution >= 4 is 5.91 Å². The highest BCUT2D eigenvalue weighted by Crippen LogP contribution is 2.38. The van der Waals surface area contributed by atoms with Gasteiger partial charge in [0.25, 0.3) is 0 Å². The molecule has 0 spiro atoms. The molecule has 2 rings (SSSR count). The summed E-state index contributed by atoms with van der Waals surface area (Å²) in [6.07, 6.45) is 7.32. The summed E-state index contributed by atoms with van der Waals surface area (Å²) >= 11 is 0. The van der Waals surface area contributed by atoms with Gasteiger partial charge in [-0.2, -0.15) is 0 Å². The largest absolute Gasteiger partial charge is 0.369 e. The Bertz CT molecular complexity index is 326. The van der Waals surface area contributed by atoms with Crippen molar-refractivity contribution in [1.29, 1.82) is 0 Å². The van der Waals surface area contributed by atoms with Crippen molar-refractivity contribution in [3.05, 3.63) is 18.0 Å². The molecule has 1 amide bonds. The van der Waals surface area contributed by atoms with Crippen molar-refractivity contribution in [3.63, 3.8) is 0 Å². The van der Waals surface area contributed by atoms with Crippen molar-refractivity contribution in [1.82, 2.24) is 5.16 Å². The maximum Gasteiger partial charge on any atom is 0.224 e. The van der Waals surface area contributed by atoms with E-state index in [0.29, 0.717) is 6.42 Å². The highest BCUT2D eigenvalue weighted by Gasteiger charge is 2.38. The second-order valence-electron chi connectivity index (χ2n) is 4.36. The fourth-order valence-corrected chi connectivity index (χ4v) is 2.41. The predicted molar refractivity (Wildman–Crippen MR) is 54.9 cm³/mol. The maximum atomic E-state index is 11.6. The minimum absolute atomic E-state index is 0.196. The average Bonchev–Trinajstić information content (AvgIpc) is 2.71. The third kappa shape index (κ3) is 2.03. The van der Waals surface area contributed by atoms with Gasteiger partial charge in [0.05, 0.1) is 11.6 Å². The van der Waals surface area contributed by atoms with Crippen LogP contribution in [0, 0.1) is 5.41 Å². The molecule has 15 heavy (non-hydrogen) atoms. The topological polar surface area (TPSA) is 69.1 Å². The smallest absolute Gasteiger partial charge is 0.224 e. The van der Waals surface area contributed by atoms with E-state index in [0.717, 1.165) is 31.4 Å². The van der Waals surface area contributed by atoms with Crippen LogP contribution in [0.1, 0.15) is 37.9 Å². The first-order chi connectivity index (χ1) is 7.23. The van der Waals surface area contributed by atoms with Gasteiger partial charge in [0.1, 0.15) is 5.76 Å². The zero-order chi connectivity index (χ0) is 10.7. The Balaban J connectivity index is 2.15. The number of hydrogen-bond acceptors (Lipinski definition) is 3. The van der Waals surface area contributed by atoms with Crippen molar-refractivity contribution in [2.45, 2.75) is 38.5 Å². The van der Waals surface area contributed by atoms with Gasteiger partial charge in [-0.3, -0.25) is 4.79 Å². The van der Waals surface area contributed by atoms with E-state index in [1.165, 1.54) is 6.42 Å². The Hall–Kier alpha value is -1.32. The SMILES string of the molecule is NC(=O)C1(Cc2ccno2)CCCCC1. The van der Waals surface area contributed by atoms with Crippen LogP contribution in [0.15, 0.2) is 16.8 Å². The van der Waals surface area contributed by atoms with Crippen molar-refractivity contribution < 1.29 is 9.32 Å². The minimum Gasteiger partial charge on any atom is -0.369 e. The summed E-state index contributed by atoms with van der Waals surface area (Å²) in [5.41, 5.74) is 5.13. The fraction of sp³-hybridized carbons (Fsp3) is 0.636. The van der Waals surface area contributed by atoms with E-state index in [9.17, 15) is 4.79 Å². The van der Waals surface area contributed by atoms with Gasteiger partial charge in [0.2, 0.25) is 5.91 Å². The van der Waals surface area contributed by atoms with Crippen LogP contribution in [0.3, 0.4) is 0 Å². The molecule has 0 atom stereocenters. The van der Waals surface area contributed by atoms with Crippen LogP contribution in [0.25, 0.3) is 0 Å². The van der Waals surface area contributed by atoms with E-state index in [-0.39, 0.29) is 5.91 Å². The molecular formula is C11H16N2O2. The molecule has 82 valence electrons. The molecule has 4 heteroatoms. The molecule has 1 fully saturated rings. The zero-order valence-corrected chi connectivity index (χ0v) is 8.74. The van der Waals surface area contributed by atoms with Gasteiger partial charge in [0.15, 0.2) is 0 Å².